The summed E-state index contributed by atoms with van der Waals surface area (Å²) in [5.41, 5.74) is 8.60. The number of aryl methyl sites for hydroxylation is 3. The third-order valence-corrected chi connectivity index (χ3v) is 7.41. The molecule has 0 bridgehead atoms. The van der Waals surface area contributed by atoms with Crippen molar-refractivity contribution in [2.75, 3.05) is 5.32 Å². The van der Waals surface area contributed by atoms with Crippen molar-refractivity contribution in [1.29, 1.82) is 0 Å². The minimum absolute atomic E-state index is 0.156. The summed E-state index contributed by atoms with van der Waals surface area (Å²) < 4.78 is 14.8. The highest BCUT2D eigenvalue weighted by molar-refractivity contribution is 5.98. The van der Waals surface area contributed by atoms with Crippen LogP contribution in [-0.4, -0.2) is 21.7 Å². The van der Waals surface area contributed by atoms with Gasteiger partial charge in [0, 0.05) is 39.9 Å². The number of aliphatic hydroxyl groups excluding tert-OH is 1. The molecule has 178 valence electrons. The van der Waals surface area contributed by atoms with E-state index in [2.05, 4.69) is 60.3 Å². The molecule has 1 aliphatic rings. The van der Waals surface area contributed by atoms with E-state index in [0.29, 0.717) is 11.1 Å². The van der Waals surface area contributed by atoms with E-state index < -0.39 is 11.6 Å². The Hall–Kier alpha value is -3.55. The lowest BCUT2D eigenvalue weighted by Crippen LogP contribution is -2.50. The Bertz CT molecular complexity index is 1530. The van der Waals surface area contributed by atoms with Crippen LogP contribution in [0.3, 0.4) is 0 Å². The van der Waals surface area contributed by atoms with Gasteiger partial charge in [0.2, 0.25) is 0 Å². The number of aromatic amines is 1. The minimum Gasteiger partial charge on any atom is -0.390 e. The van der Waals surface area contributed by atoms with Gasteiger partial charge in [0.05, 0.1) is 22.7 Å². The molecule has 35 heavy (non-hydrogen) atoms. The van der Waals surface area contributed by atoms with Crippen LogP contribution >= 0.6 is 0 Å². The number of halogens is 1. The van der Waals surface area contributed by atoms with Crippen molar-refractivity contribution in [2.45, 2.75) is 59.1 Å². The summed E-state index contributed by atoms with van der Waals surface area (Å²) in [6, 6.07) is 13.7. The van der Waals surface area contributed by atoms with Crippen LogP contribution in [0.4, 0.5) is 10.1 Å². The minimum atomic E-state index is -0.607. The maximum Gasteiger partial charge on any atom is 0.141 e. The molecule has 5 rings (SSSR count). The molecule has 0 amide bonds. The Morgan fingerprint density at radius 3 is 2.46 bits per heavy atom. The molecule has 3 aromatic carbocycles. The maximum atomic E-state index is 14.8. The van der Waals surface area contributed by atoms with Crippen LogP contribution in [0.15, 0.2) is 48.7 Å². The molecule has 0 spiro atoms. The zero-order valence-corrected chi connectivity index (χ0v) is 21.1. The lowest BCUT2D eigenvalue weighted by Gasteiger charge is -2.43. The predicted molar refractivity (Wildman–Crippen MR) is 142 cm³/mol. The van der Waals surface area contributed by atoms with Gasteiger partial charge in [0.25, 0.3) is 0 Å². The SMILES string of the molecule is Cc1cccc(C#Cc2c(-c3cccc4c(C)c[nH]c34)cc(C)c3c2C(C)C(O)C(C)(C)N3)c1F. The van der Waals surface area contributed by atoms with E-state index in [0.717, 1.165) is 44.4 Å². The molecule has 1 aromatic heterocycles. The number of fused-ring (bicyclic) bond motifs is 2. The van der Waals surface area contributed by atoms with Crippen LogP contribution in [0, 0.1) is 38.4 Å². The fraction of sp³-hybridized carbons (Fsp3) is 0.290. The first-order chi connectivity index (χ1) is 16.6. The second kappa shape index (κ2) is 8.29. The van der Waals surface area contributed by atoms with Crippen LogP contribution in [0.5, 0.6) is 0 Å². The fourth-order valence-electron chi connectivity index (χ4n) is 5.38. The third-order valence-electron chi connectivity index (χ3n) is 7.41. The van der Waals surface area contributed by atoms with Gasteiger partial charge >= 0.3 is 0 Å². The van der Waals surface area contributed by atoms with Crippen molar-refractivity contribution in [2.24, 2.45) is 0 Å². The average Bonchev–Trinajstić information content (AvgIpc) is 3.20. The summed E-state index contributed by atoms with van der Waals surface area (Å²) in [5, 5.41) is 15.9. The zero-order chi connectivity index (χ0) is 25.1. The van der Waals surface area contributed by atoms with E-state index in [9.17, 15) is 9.50 Å². The molecule has 0 saturated carbocycles. The standard InChI is InChI=1S/C31H31FN2O/c1-17-9-7-10-21(27(17)32)13-14-23-25(24-12-8-11-22-19(3)16-33-29(22)24)15-18(2)28-26(23)20(4)30(35)31(5,6)34-28/h7-12,15-16,20,30,33-35H,1-6H3. The van der Waals surface area contributed by atoms with Crippen LogP contribution < -0.4 is 5.32 Å². The molecule has 4 aromatic rings. The van der Waals surface area contributed by atoms with Gasteiger partial charge < -0.3 is 15.4 Å². The smallest absolute Gasteiger partial charge is 0.141 e. The Labute approximate surface area is 206 Å². The second-order valence-corrected chi connectivity index (χ2v) is 10.4. The molecule has 1 aliphatic heterocycles. The molecule has 0 fully saturated rings. The first-order valence-electron chi connectivity index (χ1n) is 12.1. The highest BCUT2D eigenvalue weighted by Crippen LogP contribution is 2.46. The molecule has 3 nitrogen and oxygen atoms in total. The van der Waals surface area contributed by atoms with Gasteiger partial charge in [-0.15, -0.1) is 0 Å². The van der Waals surface area contributed by atoms with Gasteiger partial charge in [-0.05, 0) is 69.0 Å². The van der Waals surface area contributed by atoms with Crippen LogP contribution in [-0.2, 0) is 0 Å². The van der Waals surface area contributed by atoms with E-state index >= 15 is 0 Å². The van der Waals surface area contributed by atoms with Gasteiger partial charge in [0.1, 0.15) is 5.82 Å². The highest BCUT2D eigenvalue weighted by Gasteiger charge is 2.40. The molecule has 0 aliphatic carbocycles. The lowest BCUT2D eigenvalue weighted by molar-refractivity contribution is 0.0868. The number of aliphatic hydroxyl groups is 1. The summed E-state index contributed by atoms with van der Waals surface area (Å²) in [5.74, 6) is 6.01. The average molecular weight is 467 g/mol. The number of benzene rings is 3. The molecule has 3 N–H and O–H groups in total. The van der Waals surface area contributed by atoms with Crippen molar-refractivity contribution < 1.29 is 9.50 Å². The van der Waals surface area contributed by atoms with Crippen molar-refractivity contribution >= 4 is 16.6 Å². The van der Waals surface area contributed by atoms with Gasteiger partial charge in [-0.1, -0.05) is 49.1 Å². The second-order valence-electron chi connectivity index (χ2n) is 10.4. The number of anilines is 1. The van der Waals surface area contributed by atoms with Crippen LogP contribution in [0.2, 0.25) is 0 Å². The number of H-pyrrole nitrogens is 1. The molecule has 0 radical (unpaired) electrons. The number of nitrogens with one attached hydrogen (secondary N) is 2. The Kier molecular flexibility index (Phi) is 5.49. The summed E-state index contributed by atoms with van der Waals surface area (Å²) in [6.45, 7) is 12.0. The third kappa shape index (κ3) is 3.72. The molecule has 2 unspecified atom stereocenters. The molecule has 2 heterocycles. The van der Waals surface area contributed by atoms with Crippen LogP contribution in [0.25, 0.3) is 22.0 Å². The Morgan fingerprint density at radius 2 is 1.69 bits per heavy atom. The van der Waals surface area contributed by atoms with Crippen LogP contribution in [0.1, 0.15) is 60.1 Å². The largest absolute Gasteiger partial charge is 0.390 e. The molecule has 4 heteroatoms. The Balaban J connectivity index is 1.84. The van der Waals surface area contributed by atoms with Crippen molar-refractivity contribution in [3.63, 3.8) is 0 Å². The summed E-state index contributed by atoms with van der Waals surface area (Å²) in [6.07, 6.45) is 1.41. The van der Waals surface area contributed by atoms with Crippen molar-refractivity contribution in [1.82, 2.24) is 4.98 Å². The van der Waals surface area contributed by atoms with E-state index in [-0.39, 0.29) is 11.7 Å². The highest BCUT2D eigenvalue weighted by atomic mass is 19.1. The first-order valence-corrected chi connectivity index (χ1v) is 12.1. The molecular weight excluding hydrogens is 435 g/mol. The quantitative estimate of drug-likeness (QED) is 0.265. The van der Waals surface area contributed by atoms with Gasteiger partial charge in [-0.3, -0.25) is 0 Å². The summed E-state index contributed by atoms with van der Waals surface area (Å²) in [4.78, 5) is 3.43. The normalized spacial score (nSPS) is 18.5. The van der Waals surface area contributed by atoms with E-state index in [1.165, 1.54) is 5.56 Å². The summed E-state index contributed by atoms with van der Waals surface area (Å²) in [7, 11) is 0. The number of hydrogen-bond acceptors (Lipinski definition) is 2. The van der Waals surface area contributed by atoms with E-state index in [1.54, 1.807) is 19.1 Å². The summed E-state index contributed by atoms with van der Waals surface area (Å²) >= 11 is 0. The zero-order valence-electron chi connectivity index (χ0n) is 21.1. The molecule has 0 saturated heterocycles. The van der Waals surface area contributed by atoms with Gasteiger partial charge in [0.15, 0.2) is 0 Å². The van der Waals surface area contributed by atoms with Gasteiger partial charge in [-0.25, -0.2) is 4.39 Å². The Morgan fingerprint density at radius 1 is 0.943 bits per heavy atom. The topological polar surface area (TPSA) is 48.0 Å². The number of para-hydroxylation sites is 1. The monoisotopic (exact) mass is 466 g/mol. The fourth-order valence-corrected chi connectivity index (χ4v) is 5.38. The predicted octanol–water partition coefficient (Wildman–Crippen LogP) is 6.97. The number of rotatable bonds is 1. The van der Waals surface area contributed by atoms with Crippen molar-refractivity contribution in [3.05, 3.63) is 87.9 Å². The molecular formula is C31H31FN2O. The van der Waals surface area contributed by atoms with Crippen molar-refractivity contribution in [3.8, 4) is 23.0 Å². The molecule has 2 atom stereocenters. The van der Waals surface area contributed by atoms with Gasteiger partial charge in [-0.2, -0.15) is 0 Å². The lowest BCUT2D eigenvalue weighted by atomic mass is 9.75. The number of hydrogen-bond donors (Lipinski definition) is 3. The van der Waals surface area contributed by atoms with E-state index in [1.807, 2.05) is 33.0 Å². The number of aromatic nitrogens is 1. The van der Waals surface area contributed by atoms with E-state index in [4.69, 9.17) is 0 Å². The maximum absolute atomic E-state index is 14.8. The first kappa shape index (κ1) is 23.2.